The van der Waals surface area contributed by atoms with Gasteiger partial charge in [0.05, 0.1) is 11.6 Å². The van der Waals surface area contributed by atoms with Gasteiger partial charge in [-0.05, 0) is 49.6 Å². The van der Waals surface area contributed by atoms with Crippen molar-refractivity contribution >= 4 is 11.9 Å². The molecular weight excluding hydrogens is 344 g/mol. The number of hydrogen-bond donors (Lipinski definition) is 1. The van der Waals surface area contributed by atoms with Crippen molar-refractivity contribution in [3.05, 3.63) is 65.7 Å². The number of nitrogens with zero attached hydrogens (tertiary/aromatic N) is 1. The van der Waals surface area contributed by atoms with Crippen LogP contribution in [0, 0.1) is 11.3 Å². The van der Waals surface area contributed by atoms with Gasteiger partial charge in [0.25, 0.3) is 5.91 Å². The van der Waals surface area contributed by atoms with E-state index in [-0.39, 0.29) is 12.5 Å². The van der Waals surface area contributed by atoms with Crippen LogP contribution in [0.1, 0.15) is 24.5 Å². The molecule has 0 radical (unpaired) electrons. The van der Waals surface area contributed by atoms with Crippen molar-refractivity contribution in [1.29, 1.82) is 5.26 Å². The lowest BCUT2D eigenvalue weighted by Crippen LogP contribution is -2.33. The summed E-state index contributed by atoms with van der Waals surface area (Å²) in [5, 5.41) is 11.5. The summed E-state index contributed by atoms with van der Waals surface area (Å²) >= 11 is 0. The van der Waals surface area contributed by atoms with Crippen molar-refractivity contribution < 1.29 is 19.1 Å². The minimum Gasteiger partial charge on any atom is -0.479 e. The van der Waals surface area contributed by atoms with Crippen molar-refractivity contribution in [3.63, 3.8) is 0 Å². The molecule has 2 aromatic carbocycles. The average molecular weight is 366 g/mol. The summed E-state index contributed by atoms with van der Waals surface area (Å²) in [4.78, 5) is 23.7. The summed E-state index contributed by atoms with van der Waals surface area (Å²) in [6.45, 7) is 1.71. The van der Waals surface area contributed by atoms with E-state index in [0.717, 1.165) is 12.8 Å². The molecule has 0 aliphatic heterocycles. The number of carbonyl (C=O) groups excluding carboxylic acids is 2. The predicted octanol–water partition coefficient (Wildman–Crippen LogP) is 2.62. The van der Waals surface area contributed by atoms with Crippen LogP contribution >= 0.6 is 0 Å². The Bertz CT molecular complexity index is 782. The number of nitrogens with one attached hydrogen (secondary N) is 1. The van der Waals surface area contributed by atoms with Gasteiger partial charge < -0.3 is 14.8 Å². The Labute approximate surface area is 158 Å². The monoisotopic (exact) mass is 366 g/mol. The van der Waals surface area contributed by atoms with Crippen LogP contribution < -0.4 is 10.1 Å². The second-order valence-corrected chi connectivity index (χ2v) is 5.94. The highest BCUT2D eigenvalue weighted by molar-refractivity contribution is 5.81. The topological polar surface area (TPSA) is 88.4 Å². The van der Waals surface area contributed by atoms with Gasteiger partial charge >= 0.3 is 5.97 Å². The fourth-order valence-corrected chi connectivity index (χ4v) is 2.33. The fourth-order valence-electron chi connectivity index (χ4n) is 2.33. The minimum atomic E-state index is -0.858. The maximum Gasteiger partial charge on any atom is 0.347 e. The standard InChI is InChI=1S/C21H22N2O4/c1-16(27-19-11-9-18(14-22)10-12-19)21(25)26-15-20(24)23-13-5-8-17-6-3-2-4-7-17/h2-4,6-7,9-12,16H,5,8,13,15H2,1H3,(H,23,24)/t16-/m1/s1. The highest BCUT2D eigenvalue weighted by Crippen LogP contribution is 2.13. The number of aryl methyl sites for hydroxylation is 1. The van der Waals surface area contributed by atoms with E-state index in [2.05, 4.69) is 5.32 Å². The van der Waals surface area contributed by atoms with E-state index in [1.54, 1.807) is 24.3 Å². The molecule has 0 saturated carbocycles. The normalized spacial score (nSPS) is 11.1. The van der Waals surface area contributed by atoms with E-state index in [4.69, 9.17) is 14.7 Å². The van der Waals surface area contributed by atoms with Gasteiger partial charge in [0, 0.05) is 6.54 Å². The Kier molecular flexibility index (Phi) is 7.86. The van der Waals surface area contributed by atoms with Gasteiger partial charge in [0.15, 0.2) is 12.7 Å². The van der Waals surface area contributed by atoms with E-state index in [1.165, 1.54) is 12.5 Å². The number of rotatable bonds is 9. The lowest BCUT2D eigenvalue weighted by Gasteiger charge is -2.14. The van der Waals surface area contributed by atoms with Gasteiger partial charge in [-0.2, -0.15) is 5.26 Å². The molecule has 0 spiro atoms. The zero-order valence-corrected chi connectivity index (χ0v) is 15.2. The Hall–Kier alpha value is -3.33. The highest BCUT2D eigenvalue weighted by atomic mass is 16.6. The molecule has 0 bridgehead atoms. The van der Waals surface area contributed by atoms with Crippen molar-refractivity contribution in [2.45, 2.75) is 25.9 Å². The third-order valence-electron chi connectivity index (χ3n) is 3.78. The molecule has 0 aliphatic rings. The summed E-state index contributed by atoms with van der Waals surface area (Å²) in [7, 11) is 0. The van der Waals surface area contributed by atoms with Gasteiger partial charge in [0.2, 0.25) is 0 Å². The average Bonchev–Trinajstić information content (AvgIpc) is 2.70. The molecule has 140 valence electrons. The molecule has 27 heavy (non-hydrogen) atoms. The van der Waals surface area contributed by atoms with E-state index in [0.29, 0.717) is 17.9 Å². The van der Waals surface area contributed by atoms with Crippen LogP contribution in [0.25, 0.3) is 0 Å². The first-order valence-corrected chi connectivity index (χ1v) is 8.72. The van der Waals surface area contributed by atoms with Crippen LogP contribution in [0.15, 0.2) is 54.6 Å². The fraction of sp³-hybridized carbons (Fsp3) is 0.286. The van der Waals surface area contributed by atoms with E-state index >= 15 is 0 Å². The summed E-state index contributed by atoms with van der Waals surface area (Å²) in [5.74, 6) is -0.524. The molecule has 0 aromatic heterocycles. The van der Waals surface area contributed by atoms with Crippen LogP contribution in [-0.2, 0) is 20.7 Å². The van der Waals surface area contributed by atoms with Crippen molar-refractivity contribution in [1.82, 2.24) is 5.32 Å². The zero-order valence-electron chi connectivity index (χ0n) is 15.2. The third-order valence-corrected chi connectivity index (χ3v) is 3.78. The zero-order chi connectivity index (χ0) is 19.5. The lowest BCUT2D eigenvalue weighted by atomic mass is 10.1. The number of hydrogen-bond acceptors (Lipinski definition) is 5. The Morgan fingerprint density at radius 3 is 2.48 bits per heavy atom. The highest BCUT2D eigenvalue weighted by Gasteiger charge is 2.17. The van der Waals surface area contributed by atoms with Gasteiger partial charge in [0.1, 0.15) is 5.75 Å². The molecule has 0 heterocycles. The van der Waals surface area contributed by atoms with Gasteiger partial charge in [-0.1, -0.05) is 30.3 Å². The van der Waals surface area contributed by atoms with Crippen LogP contribution in [-0.4, -0.2) is 31.1 Å². The van der Waals surface area contributed by atoms with Gasteiger partial charge in [-0.3, -0.25) is 4.79 Å². The van der Waals surface area contributed by atoms with E-state index < -0.39 is 12.1 Å². The number of esters is 1. The van der Waals surface area contributed by atoms with Crippen molar-refractivity contribution in [3.8, 4) is 11.8 Å². The maximum atomic E-state index is 11.9. The van der Waals surface area contributed by atoms with Gasteiger partial charge in [-0.25, -0.2) is 4.79 Å². The lowest BCUT2D eigenvalue weighted by molar-refractivity contribution is -0.154. The molecule has 1 N–H and O–H groups in total. The van der Waals surface area contributed by atoms with Crippen molar-refractivity contribution in [2.24, 2.45) is 0 Å². The van der Waals surface area contributed by atoms with Crippen LogP contribution in [0.4, 0.5) is 0 Å². The Morgan fingerprint density at radius 2 is 1.81 bits per heavy atom. The number of ether oxygens (including phenoxy) is 2. The summed E-state index contributed by atoms with van der Waals surface area (Å²) < 4.78 is 10.4. The van der Waals surface area contributed by atoms with Crippen molar-refractivity contribution in [2.75, 3.05) is 13.2 Å². The molecule has 0 unspecified atom stereocenters. The molecule has 2 rings (SSSR count). The first kappa shape index (κ1) is 20.0. The molecule has 1 amide bonds. The Balaban J connectivity index is 1.63. The smallest absolute Gasteiger partial charge is 0.347 e. The number of amides is 1. The summed E-state index contributed by atoms with van der Waals surface area (Å²) in [5.41, 5.74) is 1.72. The number of benzene rings is 2. The second kappa shape index (κ2) is 10.6. The quantitative estimate of drug-likeness (QED) is 0.544. The Morgan fingerprint density at radius 1 is 1.11 bits per heavy atom. The van der Waals surface area contributed by atoms with Crippen LogP contribution in [0.3, 0.4) is 0 Å². The molecule has 1 atom stereocenters. The van der Waals surface area contributed by atoms with Crippen LogP contribution in [0.5, 0.6) is 5.75 Å². The number of nitriles is 1. The molecular formula is C21H22N2O4. The summed E-state index contributed by atoms with van der Waals surface area (Å²) in [6.07, 6.45) is 0.821. The molecule has 0 saturated heterocycles. The first-order valence-electron chi connectivity index (χ1n) is 8.72. The first-order chi connectivity index (χ1) is 13.1. The third kappa shape index (κ3) is 7.20. The minimum absolute atomic E-state index is 0.342. The molecule has 2 aromatic rings. The second-order valence-electron chi connectivity index (χ2n) is 5.94. The van der Waals surface area contributed by atoms with Crippen LogP contribution in [0.2, 0.25) is 0 Å². The molecule has 0 fully saturated rings. The maximum absolute atomic E-state index is 11.9. The largest absolute Gasteiger partial charge is 0.479 e. The predicted molar refractivity (Wildman–Crippen MR) is 100.0 cm³/mol. The SMILES string of the molecule is C[C@@H](Oc1ccc(C#N)cc1)C(=O)OCC(=O)NCCCc1ccccc1. The summed E-state index contributed by atoms with van der Waals surface area (Å²) in [6, 6.07) is 18.4. The van der Waals surface area contributed by atoms with Gasteiger partial charge in [-0.15, -0.1) is 0 Å². The number of carbonyl (C=O) groups is 2. The van der Waals surface area contributed by atoms with E-state index in [9.17, 15) is 9.59 Å². The van der Waals surface area contributed by atoms with E-state index in [1.807, 2.05) is 36.4 Å². The molecule has 6 heteroatoms. The molecule has 6 nitrogen and oxygen atoms in total. The molecule has 0 aliphatic carbocycles.